The molecule has 2 nitrogen and oxygen atoms in total. The predicted molar refractivity (Wildman–Crippen MR) is 56.3 cm³/mol. The topological polar surface area (TPSA) is 29.3 Å². The summed E-state index contributed by atoms with van der Waals surface area (Å²) in [4.78, 5) is 2.23. The number of nitrogens with zero attached hydrogens (tertiary/aromatic N) is 1. The van der Waals surface area contributed by atoms with Gasteiger partial charge in [-0.15, -0.1) is 0 Å². The Morgan fingerprint density at radius 3 is 1.83 bits per heavy atom. The zero-order chi connectivity index (χ0) is 9.40. The van der Waals surface area contributed by atoms with Crippen LogP contribution in [0.2, 0.25) is 0 Å². The first-order valence-electron chi connectivity index (χ1n) is 4.76. The number of hydrogen-bond donors (Lipinski definition) is 1. The molecule has 0 saturated carbocycles. The molecule has 0 fully saturated rings. The van der Waals surface area contributed by atoms with Gasteiger partial charge in [0, 0.05) is 0 Å². The molecule has 2 N–H and O–H groups in total. The Balaban J connectivity index is 3.62. The molecule has 0 saturated heterocycles. The van der Waals surface area contributed by atoms with Gasteiger partial charge in [-0.2, -0.15) is 0 Å². The molecular weight excluding hydrogens is 215 g/mol. The van der Waals surface area contributed by atoms with Crippen LogP contribution in [0, 0.1) is 0 Å². The first-order valence-corrected chi connectivity index (χ1v) is 5.62. The van der Waals surface area contributed by atoms with Gasteiger partial charge < -0.3 is 0 Å². The van der Waals surface area contributed by atoms with Crippen molar-refractivity contribution in [2.45, 2.75) is 39.5 Å². The second kappa shape index (κ2) is 7.63. The van der Waals surface area contributed by atoms with Crippen LogP contribution in [0.25, 0.3) is 0 Å². The van der Waals surface area contributed by atoms with Gasteiger partial charge in [-0.25, -0.2) is 0 Å². The van der Waals surface area contributed by atoms with Gasteiger partial charge in [0.15, 0.2) is 0 Å². The van der Waals surface area contributed by atoms with E-state index in [4.69, 9.17) is 5.73 Å². The second-order valence-electron chi connectivity index (χ2n) is 3.03. The van der Waals surface area contributed by atoms with E-state index in [-0.39, 0.29) is 0 Å². The Morgan fingerprint density at radius 2 is 1.58 bits per heavy atom. The molecule has 0 rings (SSSR count). The van der Waals surface area contributed by atoms with Gasteiger partial charge in [-0.1, -0.05) is 0 Å². The van der Waals surface area contributed by atoms with Crippen LogP contribution in [-0.4, -0.2) is 38.2 Å². The van der Waals surface area contributed by atoms with Gasteiger partial charge in [-0.3, -0.25) is 0 Å². The molecule has 72 valence electrons. The Kier molecular flexibility index (Phi) is 7.62. The van der Waals surface area contributed by atoms with Crippen molar-refractivity contribution >= 4 is 20.2 Å². The van der Waals surface area contributed by atoms with E-state index in [1.807, 2.05) is 0 Å². The quantitative estimate of drug-likeness (QED) is 0.670. The van der Waals surface area contributed by atoms with Crippen molar-refractivity contribution in [3.63, 3.8) is 0 Å². The molecule has 3 heteroatoms. The molecule has 0 aliphatic rings. The second-order valence-corrected chi connectivity index (χ2v) is 3.91. The van der Waals surface area contributed by atoms with Crippen LogP contribution >= 0.6 is 0 Å². The van der Waals surface area contributed by atoms with E-state index in [1.165, 1.54) is 25.7 Å². The third kappa shape index (κ3) is 5.62. The van der Waals surface area contributed by atoms with Crippen LogP contribution in [0.5, 0.6) is 0 Å². The first-order chi connectivity index (χ1) is 5.72. The van der Waals surface area contributed by atoms with E-state index in [2.05, 4.69) is 34.3 Å². The number of nitrogens with two attached hydrogens (primary N) is 1. The van der Waals surface area contributed by atoms with Gasteiger partial charge in [0.05, 0.1) is 0 Å². The molecule has 0 aliphatic carbocycles. The minimum atomic E-state index is 0.844. The first kappa shape index (κ1) is 12.0. The molecule has 0 aromatic rings. The van der Waals surface area contributed by atoms with Crippen LogP contribution in [0.3, 0.4) is 0 Å². The van der Waals surface area contributed by atoms with Crippen LogP contribution in [0.4, 0.5) is 0 Å². The molecule has 0 radical (unpaired) electrons. The van der Waals surface area contributed by atoms with Crippen molar-refractivity contribution in [3.05, 3.63) is 0 Å². The summed E-state index contributed by atoms with van der Waals surface area (Å²) >= 11 is 2.88. The van der Waals surface area contributed by atoms with E-state index in [0.717, 1.165) is 17.8 Å². The number of rotatable bonds is 7. The van der Waals surface area contributed by atoms with Gasteiger partial charge in [0.1, 0.15) is 0 Å². The molecule has 0 atom stereocenters. The van der Waals surface area contributed by atoms with E-state index in [0.29, 0.717) is 0 Å². The van der Waals surface area contributed by atoms with Gasteiger partial charge >= 0.3 is 83.5 Å². The molecule has 0 amide bonds. The van der Waals surface area contributed by atoms with Gasteiger partial charge in [0.2, 0.25) is 0 Å². The zero-order valence-electron chi connectivity index (χ0n) is 8.18. The van der Waals surface area contributed by atoms with E-state index >= 15 is 0 Å². The Hall–Kier alpha value is -0.0105. The Morgan fingerprint density at radius 1 is 1.17 bits per heavy atom. The third-order valence-electron chi connectivity index (χ3n) is 1.87. The SMILES string of the molecule is CCCCN(CCCC)C(N)=[Se]. The van der Waals surface area contributed by atoms with E-state index in [1.54, 1.807) is 0 Å². The molecule has 12 heavy (non-hydrogen) atoms. The van der Waals surface area contributed by atoms with Crippen LogP contribution in [-0.2, 0) is 0 Å². The number of hydrogen-bond acceptors (Lipinski definition) is 2. The van der Waals surface area contributed by atoms with Crippen molar-refractivity contribution in [1.82, 2.24) is 4.90 Å². The fourth-order valence-corrected chi connectivity index (χ4v) is 1.41. The van der Waals surface area contributed by atoms with E-state index < -0.39 is 0 Å². The molecule has 0 heterocycles. The minimum absolute atomic E-state index is 0.844. The molecule has 0 spiro atoms. The van der Waals surface area contributed by atoms with Crippen LogP contribution in [0.15, 0.2) is 0 Å². The monoisotopic (exact) mass is 236 g/mol. The van der Waals surface area contributed by atoms with Crippen molar-refractivity contribution in [2.75, 3.05) is 13.1 Å². The summed E-state index contributed by atoms with van der Waals surface area (Å²) < 4.78 is 0.844. The maximum atomic E-state index is 5.71. The predicted octanol–water partition coefficient (Wildman–Crippen LogP) is 1.10. The summed E-state index contributed by atoms with van der Waals surface area (Å²) in [7, 11) is 0. The standard InChI is InChI=1S/C9H20N2Se/c1-3-5-7-11(9(10)12)8-6-4-2/h3-8H2,1-2H3,(H2,10,12). The number of unbranched alkanes of at least 4 members (excludes halogenated alkanes) is 2. The van der Waals surface area contributed by atoms with Gasteiger partial charge in [-0.05, 0) is 0 Å². The Labute approximate surface area is 83.9 Å². The van der Waals surface area contributed by atoms with Crippen molar-refractivity contribution < 1.29 is 0 Å². The summed E-state index contributed by atoms with van der Waals surface area (Å²) in [5.41, 5.74) is 5.71. The maximum absolute atomic E-state index is 5.71. The third-order valence-corrected chi connectivity index (χ3v) is 2.42. The summed E-state index contributed by atoms with van der Waals surface area (Å²) in [5.74, 6) is 0. The fourth-order valence-electron chi connectivity index (χ4n) is 1.03. The molecule has 0 unspecified atom stereocenters. The summed E-state index contributed by atoms with van der Waals surface area (Å²) in [5, 5.41) is 0. The van der Waals surface area contributed by atoms with Crippen molar-refractivity contribution in [1.29, 1.82) is 0 Å². The van der Waals surface area contributed by atoms with Crippen molar-refractivity contribution in [2.24, 2.45) is 5.73 Å². The molecular formula is C9H20N2Se. The molecule has 0 aromatic heterocycles. The van der Waals surface area contributed by atoms with Crippen LogP contribution < -0.4 is 5.73 Å². The van der Waals surface area contributed by atoms with E-state index in [9.17, 15) is 0 Å². The molecule has 0 aromatic carbocycles. The normalized spacial score (nSPS) is 9.83. The average Bonchev–Trinajstić information content (AvgIpc) is 2.04. The average molecular weight is 235 g/mol. The van der Waals surface area contributed by atoms with Gasteiger partial charge in [0.25, 0.3) is 0 Å². The summed E-state index contributed by atoms with van der Waals surface area (Å²) in [6, 6.07) is 0. The summed E-state index contributed by atoms with van der Waals surface area (Å²) in [6.07, 6.45) is 4.92. The fraction of sp³-hybridized carbons (Fsp3) is 0.889. The van der Waals surface area contributed by atoms with Crippen LogP contribution in [0.1, 0.15) is 39.5 Å². The summed E-state index contributed by atoms with van der Waals surface area (Å²) in [6.45, 7) is 6.59. The van der Waals surface area contributed by atoms with Crippen molar-refractivity contribution in [3.8, 4) is 0 Å². The molecule has 0 aliphatic heterocycles. The Bertz CT molecular complexity index is 118. The zero-order valence-corrected chi connectivity index (χ0v) is 9.89. The molecule has 0 bridgehead atoms.